The number of carbonyl (C=O) groups is 1. The molecule has 0 radical (unpaired) electrons. The van der Waals surface area contributed by atoms with E-state index in [0.717, 1.165) is 91.4 Å². The zero-order valence-electron chi connectivity index (χ0n) is 26.3. The van der Waals surface area contributed by atoms with Gasteiger partial charge in [-0.05, 0) is 99.4 Å². The first-order chi connectivity index (χ1) is 22.0. The molecule has 0 spiro atoms. The molecule has 3 heterocycles. The first kappa shape index (κ1) is 30.6. The fraction of sp³-hybridized carbons (Fsp3) is 0.361. The quantitative estimate of drug-likeness (QED) is 0.276. The van der Waals surface area contributed by atoms with E-state index in [0.29, 0.717) is 19.0 Å². The van der Waals surface area contributed by atoms with Gasteiger partial charge in [-0.2, -0.15) is 0 Å². The summed E-state index contributed by atoms with van der Waals surface area (Å²) in [5, 5.41) is 10.3. The van der Waals surface area contributed by atoms with Gasteiger partial charge in [-0.3, -0.25) is 9.69 Å². The molecule has 6 bridgehead atoms. The second kappa shape index (κ2) is 14.5. The van der Waals surface area contributed by atoms with E-state index in [9.17, 15) is 4.79 Å². The van der Waals surface area contributed by atoms with Gasteiger partial charge in [0.05, 0.1) is 18.8 Å². The molecule has 1 amide bonds. The van der Waals surface area contributed by atoms with Crippen LogP contribution in [0.3, 0.4) is 0 Å². The van der Waals surface area contributed by atoms with E-state index >= 15 is 0 Å². The van der Waals surface area contributed by atoms with E-state index in [4.69, 9.17) is 9.72 Å². The van der Waals surface area contributed by atoms with Crippen LogP contribution in [0.2, 0.25) is 0 Å². The minimum Gasteiger partial charge on any atom is -0.496 e. The number of nitrogens with one attached hydrogen (secondary N) is 3. The number of hydrogen-bond acceptors (Lipinski definition) is 8. The molecule has 2 aliphatic rings. The second-order valence-corrected chi connectivity index (χ2v) is 12.0. The minimum atomic E-state index is -0.119. The predicted molar refractivity (Wildman–Crippen MR) is 180 cm³/mol. The van der Waals surface area contributed by atoms with Gasteiger partial charge in [-0.25, -0.2) is 9.97 Å². The molecule has 9 nitrogen and oxygen atoms in total. The Morgan fingerprint density at radius 2 is 1.89 bits per heavy atom. The van der Waals surface area contributed by atoms with Crippen molar-refractivity contribution in [3.8, 4) is 17.0 Å². The van der Waals surface area contributed by atoms with Gasteiger partial charge in [-0.1, -0.05) is 30.3 Å². The summed E-state index contributed by atoms with van der Waals surface area (Å²) in [6.45, 7) is 4.64. The number of benzene rings is 3. The zero-order chi connectivity index (χ0) is 31.0. The van der Waals surface area contributed by atoms with E-state index in [2.05, 4.69) is 86.3 Å². The molecule has 0 aliphatic carbocycles. The molecule has 3 aromatic carbocycles. The number of hydrogen-bond donors (Lipinski definition) is 3. The topological polar surface area (TPSA) is 94.7 Å². The lowest BCUT2D eigenvalue weighted by molar-refractivity contribution is -0.125. The summed E-state index contributed by atoms with van der Waals surface area (Å²) in [5.41, 5.74) is 7.28. The number of amides is 1. The fourth-order valence-electron chi connectivity index (χ4n) is 6.32. The molecule has 1 aromatic heterocycles. The molecule has 234 valence electrons. The van der Waals surface area contributed by atoms with Crippen LogP contribution in [0, 0.1) is 0 Å². The van der Waals surface area contributed by atoms with E-state index < -0.39 is 0 Å². The average Bonchev–Trinajstić information content (AvgIpc) is 3.51. The van der Waals surface area contributed by atoms with E-state index in [1.807, 2.05) is 24.3 Å². The van der Waals surface area contributed by atoms with Crippen molar-refractivity contribution in [3.63, 3.8) is 0 Å². The number of rotatable bonds is 5. The molecule has 1 saturated heterocycles. The number of fused-ring (bicyclic) bond motifs is 8. The molecule has 0 saturated carbocycles. The van der Waals surface area contributed by atoms with Crippen molar-refractivity contribution in [2.75, 3.05) is 51.0 Å². The van der Waals surface area contributed by atoms with E-state index in [-0.39, 0.29) is 11.9 Å². The number of anilines is 3. The SMILES string of the molecule is COc1ccc2cc1CN(C)CCCNC(=O)[C@H]1CCCN1Cc1cc(NCCc3ccccc3)cc(c1)Nc1nccc-2n1. The predicted octanol–water partition coefficient (Wildman–Crippen LogP) is 5.47. The Morgan fingerprint density at radius 3 is 2.76 bits per heavy atom. The van der Waals surface area contributed by atoms with Crippen LogP contribution in [0.4, 0.5) is 17.3 Å². The Hall–Kier alpha value is -4.47. The highest BCUT2D eigenvalue weighted by molar-refractivity contribution is 5.82. The van der Waals surface area contributed by atoms with Gasteiger partial charge < -0.3 is 25.6 Å². The number of ether oxygens (including phenoxy) is 1. The lowest BCUT2D eigenvalue weighted by Gasteiger charge is -2.25. The second-order valence-electron chi connectivity index (χ2n) is 12.0. The smallest absolute Gasteiger partial charge is 0.237 e. The molecule has 3 N–H and O–H groups in total. The maximum absolute atomic E-state index is 13.3. The van der Waals surface area contributed by atoms with Crippen LogP contribution >= 0.6 is 0 Å². The van der Waals surface area contributed by atoms with Crippen LogP contribution in [0.15, 0.2) is 79.0 Å². The van der Waals surface area contributed by atoms with Gasteiger partial charge in [0.1, 0.15) is 5.75 Å². The largest absolute Gasteiger partial charge is 0.496 e. The summed E-state index contributed by atoms with van der Waals surface area (Å²) in [5.74, 6) is 1.50. The monoisotopic (exact) mass is 605 g/mol. The first-order valence-electron chi connectivity index (χ1n) is 15.9. The molecular weight excluding hydrogens is 562 g/mol. The lowest BCUT2D eigenvalue weighted by atomic mass is 10.1. The van der Waals surface area contributed by atoms with Crippen molar-refractivity contribution in [2.45, 2.75) is 44.8 Å². The third kappa shape index (κ3) is 7.98. The van der Waals surface area contributed by atoms with Gasteiger partial charge >= 0.3 is 0 Å². The van der Waals surface area contributed by atoms with Crippen molar-refractivity contribution in [1.29, 1.82) is 0 Å². The maximum atomic E-state index is 13.3. The van der Waals surface area contributed by atoms with Gasteiger partial charge in [-0.15, -0.1) is 0 Å². The van der Waals surface area contributed by atoms with E-state index in [1.165, 1.54) is 5.56 Å². The number of nitrogens with zero attached hydrogens (tertiary/aromatic N) is 4. The van der Waals surface area contributed by atoms with Crippen molar-refractivity contribution >= 4 is 23.2 Å². The van der Waals surface area contributed by atoms with Gasteiger partial charge in [0.15, 0.2) is 0 Å². The molecule has 45 heavy (non-hydrogen) atoms. The summed E-state index contributed by atoms with van der Waals surface area (Å²) in [4.78, 5) is 27.3. The Bertz CT molecular complexity index is 1600. The highest BCUT2D eigenvalue weighted by atomic mass is 16.5. The number of methoxy groups -OCH3 is 1. The van der Waals surface area contributed by atoms with Gasteiger partial charge in [0.25, 0.3) is 0 Å². The molecule has 1 atom stereocenters. The number of aromatic nitrogens is 2. The van der Waals surface area contributed by atoms with Crippen molar-refractivity contribution in [2.24, 2.45) is 0 Å². The van der Waals surface area contributed by atoms with Gasteiger partial charge in [0, 0.05) is 54.9 Å². The van der Waals surface area contributed by atoms with Crippen LogP contribution in [-0.4, -0.2) is 72.1 Å². The molecule has 2 aliphatic heterocycles. The van der Waals surface area contributed by atoms with Crippen molar-refractivity contribution < 1.29 is 9.53 Å². The minimum absolute atomic E-state index is 0.119. The third-order valence-corrected chi connectivity index (χ3v) is 8.57. The standard InChI is InChI=1S/C36H43N7O2/c1-42-18-7-15-38-35(44)33-10-6-19-43(33)24-27-20-30(37-16-13-26-8-4-3-5-9-26)23-31(21-27)40-36-39-17-14-32(41-36)28-11-12-34(45-2)29(22-28)25-42/h3-5,8-9,11-12,14,17,20-23,33,37H,6-7,10,13,15-16,18-19,24-25H2,1-2H3,(H,38,44)(H,39,40,41)/t33-/m1/s1. The van der Waals surface area contributed by atoms with Crippen molar-refractivity contribution in [1.82, 2.24) is 25.1 Å². The maximum Gasteiger partial charge on any atom is 0.237 e. The molecule has 4 aromatic rings. The van der Waals surface area contributed by atoms with Crippen LogP contribution in [-0.2, 0) is 24.3 Å². The van der Waals surface area contributed by atoms with Crippen LogP contribution in [0.25, 0.3) is 11.3 Å². The summed E-state index contributed by atoms with van der Waals surface area (Å²) in [6.07, 6.45) is 5.48. The average molecular weight is 606 g/mol. The summed E-state index contributed by atoms with van der Waals surface area (Å²) in [7, 11) is 3.81. The Kier molecular flexibility index (Phi) is 9.87. The normalized spacial score (nSPS) is 17.9. The van der Waals surface area contributed by atoms with Crippen molar-refractivity contribution in [3.05, 3.63) is 95.7 Å². The summed E-state index contributed by atoms with van der Waals surface area (Å²) < 4.78 is 5.69. The third-order valence-electron chi connectivity index (χ3n) is 8.57. The Morgan fingerprint density at radius 1 is 1.00 bits per heavy atom. The fourth-order valence-corrected chi connectivity index (χ4v) is 6.32. The Labute approximate surface area is 266 Å². The molecule has 1 fully saturated rings. The van der Waals surface area contributed by atoms with E-state index in [1.54, 1.807) is 13.3 Å². The van der Waals surface area contributed by atoms with Crippen LogP contribution in [0.5, 0.6) is 5.75 Å². The molecule has 6 rings (SSSR count). The van der Waals surface area contributed by atoms with Gasteiger partial charge in [0.2, 0.25) is 11.9 Å². The number of carbonyl (C=O) groups excluding carboxylic acids is 1. The highest BCUT2D eigenvalue weighted by Crippen LogP contribution is 2.29. The van der Waals surface area contributed by atoms with Crippen LogP contribution < -0.4 is 20.7 Å². The zero-order valence-corrected chi connectivity index (χ0v) is 26.3. The molecule has 0 unspecified atom stereocenters. The van der Waals surface area contributed by atoms with Crippen LogP contribution in [0.1, 0.15) is 36.0 Å². The first-order valence-corrected chi connectivity index (χ1v) is 15.9. The summed E-state index contributed by atoms with van der Waals surface area (Å²) >= 11 is 0. The molecular formula is C36H43N7O2. The highest BCUT2D eigenvalue weighted by Gasteiger charge is 2.30. The lowest BCUT2D eigenvalue weighted by Crippen LogP contribution is -2.43. The summed E-state index contributed by atoms with van der Waals surface area (Å²) in [6, 6.07) is 25.0. The molecule has 9 heteroatoms. The Balaban J connectivity index is 1.31.